The van der Waals surface area contributed by atoms with E-state index in [9.17, 15) is 9.00 Å². The first-order valence-corrected chi connectivity index (χ1v) is 6.05. The predicted molar refractivity (Wildman–Crippen MR) is 59.1 cm³/mol. The van der Waals surface area contributed by atoms with Crippen molar-refractivity contribution in [3.63, 3.8) is 0 Å². The number of amides is 1. The first kappa shape index (κ1) is 14.4. The lowest BCUT2D eigenvalue weighted by molar-refractivity contribution is 0.0507. The van der Waals surface area contributed by atoms with Gasteiger partial charge in [0, 0.05) is 6.04 Å². The van der Waals surface area contributed by atoms with E-state index >= 15 is 0 Å². The fourth-order valence-corrected chi connectivity index (χ4v) is 1.41. The van der Waals surface area contributed by atoms with E-state index in [-0.39, 0.29) is 11.8 Å². The standard InChI is InChI=1S/C9H19NO4S/c1-7(5-6-15(12)13)10-8(11)14-9(2,3)4/h7H,5-6H2,1-4H3,(H,10,11)(H,12,13). The average Bonchev–Trinajstić information content (AvgIpc) is 1.96. The van der Waals surface area contributed by atoms with Gasteiger partial charge in [0.05, 0.1) is 5.75 Å². The number of nitrogens with one attached hydrogen (secondary N) is 1. The summed E-state index contributed by atoms with van der Waals surface area (Å²) in [6, 6.07) is -0.170. The van der Waals surface area contributed by atoms with Crippen LogP contribution in [0.4, 0.5) is 4.79 Å². The minimum Gasteiger partial charge on any atom is -0.444 e. The van der Waals surface area contributed by atoms with Crippen molar-refractivity contribution < 1.29 is 18.3 Å². The van der Waals surface area contributed by atoms with E-state index in [2.05, 4.69) is 5.32 Å². The summed E-state index contributed by atoms with van der Waals surface area (Å²) in [6.45, 7) is 7.09. The molecule has 0 aromatic carbocycles. The van der Waals surface area contributed by atoms with Crippen LogP contribution in [0.3, 0.4) is 0 Å². The minimum absolute atomic E-state index is 0.150. The smallest absolute Gasteiger partial charge is 0.407 e. The maximum atomic E-state index is 11.2. The third-order valence-electron chi connectivity index (χ3n) is 1.49. The lowest BCUT2D eigenvalue weighted by atomic mass is 10.2. The van der Waals surface area contributed by atoms with E-state index < -0.39 is 22.8 Å². The summed E-state index contributed by atoms with van der Waals surface area (Å²) in [5.41, 5.74) is -0.524. The van der Waals surface area contributed by atoms with Crippen LogP contribution in [-0.4, -0.2) is 32.3 Å². The Morgan fingerprint density at radius 2 is 2.07 bits per heavy atom. The molecule has 0 saturated heterocycles. The summed E-state index contributed by atoms with van der Waals surface area (Å²) in [7, 11) is 0. The molecular weight excluding hydrogens is 218 g/mol. The van der Waals surface area contributed by atoms with Crippen molar-refractivity contribution in [2.45, 2.75) is 45.8 Å². The van der Waals surface area contributed by atoms with Gasteiger partial charge >= 0.3 is 6.09 Å². The molecule has 5 nitrogen and oxygen atoms in total. The van der Waals surface area contributed by atoms with Crippen molar-refractivity contribution in [2.75, 3.05) is 5.75 Å². The molecule has 1 amide bonds. The molecule has 0 aliphatic rings. The third-order valence-corrected chi connectivity index (χ3v) is 2.07. The van der Waals surface area contributed by atoms with Crippen LogP contribution in [0, 0.1) is 0 Å². The normalized spacial score (nSPS) is 15.5. The van der Waals surface area contributed by atoms with Crippen LogP contribution < -0.4 is 5.32 Å². The Morgan fingerprint density at radius 3 is 2.47 bits per heavy atom. The zero-order valence-corrected chi connectivity index (χ0v) is 10.4. The summed E-state index contributed by atoms with van der Waals surface area (Å²) in [6.07, 6.45) is -0.0544. The molecule has 0 spiro atoms. The molecule has 0 saturated carbocycles. The van der Waals surface area contributed by atoms with Gasteiger partial charge in [0.15, 0.2) is 11.1 Å². The summed E-state index contributed by atoms with van der Waals surface area (Å²) in [5.74, 6) is 0.150. The van der Waals surface area contributed by atoms with Crippen LogP contribution in [0.2, 0.25) is 0 Å². The Labute approximate surface area is 92.9 Å². The molecule has 0 aliphatic carbocycles. The molecule has 0 aliphatic heterocycles. The minimum atomic E-state index is -1.81. The van der Waals surface area contributed by atoms with Gasteiger partial charge in [0.1, 0.15) is 5.60 Å². The highest BCUT2D eigenvalue weighted by atomic mass is 32.2. The lowest BCUT2D eigenvalue weighted by Crippen LogP contribution is -2.38. The van der Waals surface area contributed by atoms with Gasteiger partial charge in [-0.05, 0) is 34.1 Å². The summed E-state index contributed by atoms with van der Waals surface area (Å²) in [4.78, 5) is 11.2. The highest BCUT2D eigenvalue weighted by Crippen LogP contribution is 2.07. The molecule has 90 valence electrons. The Bertz CT molecular complexity index is 237. The van der Waals surface area contributed by atoms with Gasteiger partial charge in [-0.1, -0.05) is 0 Å². The van der Waals surface area contributed by atoms with Gasteiger partial charge in [0.2, 0.25) is 0 Å². The number of alkyl carbamates (subject to hydrolysis) is 1. The van der Waals surface area contributed by atoms with E-state index in [4.69, 9.17) is 9.29 Å². The first-order valence-electron chi connectivity index (χ1n) is 4.77. The van der Waals surface area contributed by atoms with Crippen LogP contribution in [0.15, 0.2) is 0 Å². The predicted octanol–water partition coefficient (Wildman–Crippen LogP) is 1.51. The summed E-state index contributed by atoms with van der Waals surface area (Å²) >= 11 is -1.81. The fraction of sp³-hybridized carbons (Fsp3) is 0.889. The van der Waals surface area contributed by atoms with Gasteiger partial charge < -0.3 is 14.6 Å². The maximum absolute atomic E-state index is 11.2. The zero-order chi connectivity index (χ0) is 12.1. The van der Waals surface area contributed by atoms with Crippen molar-refractivity contribution in [2.24, 2.45) is 0 Å². The number of hydrogen-bond donors (Lipinski definition) is 2. The zero-order valence-electron chi connectivity index (χ0n) is 9.57. The molecule has 0 fully saturated rings. The van der Waals surface area contributed by atoms with Crippen LogP contribution in [0.1, 0.15) is 34.1 Å². The molecular formula is C9H19NO4S. The van der Waals surface area contributed by atoms with Crippen LogP contribution in [0.25, 0.3) is 0 Å². The summed E-state index contributed by atoms with van der Waals surface area (Å²) < 4.78 is 24.0. The van der Waals surface area contributed by atoms with Gasteiger partial charge in [-0.25, -0.2) is 9.00 Å². The Hall–Kier alpha value is -0.620. The van der Waals surface area contributed by atoms with Gasteiger partial charge in [-0.3, -0.25) is 0 Å². The second-order valence-electron chi connectivity index (χ2n) is 4.36. The summed E-state index contributed by atoms with van der Waals surface area (Å²) in [5, 5.41) is 2.59. The van der Waals surface area contributed by atoms with Crippen LogP contribution in [0.5, 0.6) is 0 Å². The Balaban J connectivity index is 3.81. The average molecular weight is 237 g/mol. The Kier molecular flexibility index (Phi) is 5.82. The topological polar surface area (TPSA) is 75.6 Å². The monoisotopic (exact) mass is 237 g/mol. The van der Waals surface area contributed by atoms with E-state index in [0.29, 0.717) is 6.42 Å². The maximum Gasteiger partial charge on any atom is 0.407 e. The van der Waals surface area contributed by atoms with E-state index in [1.54, 1.807) is 27.7 Å². The second kappa shape index (κ2) is 6.07. The van der Waals surface area contributed by atoms with Crippen molar-refractivity contribution in [1.29, 1.82) is 0 Å². The quantitative estimate of drug-likeness (QED) is 0.727. The fourth-order valence-electron chi connectivity index (χ4n) is 0.859. The molecule has 6 heteroatoms. The molecule has 0 heterocycles. The molecule has 2 N–H and O–H groups in total. The SMILES string of the molecule is CC(CCS(=O)O)NC(=O)OC(C)(C)C. The third kappa shape index (κ3) is 9.68. The largest absolute Gasteiger partial charge is 0.444 e. The van der Waals surface area contributed by atoms with Crippen molar-refractivity contribution in [3.05, 3.63) is 0 Å². The lowest BCUT2D eigenvalue weighted by Gasteiger charge is -2.21. The number of carbonyl (C=O) groups excluding carboxylic acids is 1. The molecule has 0 bridgehead atoms. The van der Waals surface area contributed by atoms with E-state index in [1.165, 1.54) is 0 Å². The van der Waals surface area contributed by atoms with Crippen molar-refractivity contribution in [1.82, 2.24) is 5.32 Å². The molecule has 0 rings (SSSR count). The highest BCUT2D eigenvalue weighted by molar-refractivity contribution is 7.79. The number of ether oxygens (including phenoxy) is 1. The molecule has 0 radical (unpaired) electrons. The van der Waals surface area contributed by atoms with Crippen molar-refractivity contribution in [3.8, 4) is 0 Å². The molecule has 2 unspecified atom stereocenters. The van der Waals surface area contributed by atoms with Gasteiger partial charge in [0.25, 0.3) is 0 Å². The van der Waals surface area contributed by atoms with Crippen LogP contribution >= 0.6 is 0 Å². The van der Waals surface area contributed by atoms with Gasteiger partial charge in [-0.15, -0.1) is 0 Å². The highest BCUT2D eigenvalue weighted by Gasteiger charge is 2.17. The van der Waals surface area contributed by atoms with Crippen molar-refractivity contribution >= 4 is 17.2 Å². The molecule has 0 aromatic rings. The van der Waals surface area contributed by atoms with Gasteiger partial charge in [-0.2, -0.15) is 0 Å². The van der Waals surface area contributed by atoms with E-state index in [1.807, 2.05) is 0 Å². The first-order chi connectivity index (χ1) is 6.70. The van der Waals surface area contributed by atoms with E-state index in [0.717, 1.165) is 0 Å². The number of hydrogen-bond acceptors (Lipinski definition) is 3. The number of rotatable bonds is 4. The Morgan fingerprint density at radius 1 is 1.53 bits per heavy atom. The molecule has 2 atom stereocenters. The van der Waals surface area contributed by atoms with Crippen LogP contribution in [-0.2, 0) is 15.8 Å². The number of carbonyl (C=O) groups is 1. The molecule has 15 heavy (non-hydrogen) atoms. The second-order valence-corrected chi connectivity index (χ2v) is 5.41. The molecule has 0 aromatic heterocycles.